The van der Waals surface area contributed by atoms with Crippen molar-refractivity contribution in [2.24, 2.45) is 0 Å². The van der Waals surface area contributed by atoms with Gasteiger partial charge in [-0.2, -0.15) is 0 Å². The van der Waals surface area contributed by atoms with Crippen LogP contribution in [0.15, 0.2) is 49.1 Å². The van der Waals surface area contributed by atoms with E-state index in [1.54, 1.807) is 6.08 Å². The predicted molar refractivity (Wildman–Crippen MR) is 128 cm³/mol. The van der Waals surface area contributed by atoms with Crippen LogP contribution in [0, 0.1) is 11.6 Å². The third kappa shape index (κ3) is 4.12. The van der Waals surface area contributed by atoms with Gasteiger partial charge in [-0.15, -0.1) is 6.58 Å². The molecule has 180 valence electrons. The number of hydrogen-bond donors (Lipinski definition) is 1. The predicted octanol–water partition coefficient (Wildman–Crippen LogP) is 5.39. The summed E-state index contributed by atoms with van der Waals surface area (Å²) in [6.07, 6.45) is 2.91. The number of fused-ring (bicyclic) bond motifs is 3. The zero-order valence-electron chi connectivity index (χ0n) is 19.4. The summed E-state index contributed by atoms with van der Waals surface area (Å²) in [4.78, 5) is 7.60. The van der Waals surface area contributed by atoms with Crippen LogP contribution in [-0.4, -0.2) is 59.8 Å². The summed E-state index contributed by atoms with van der Waals surface area (Å²) in [7, 11) is 0. The number of H-pyrrole nitrogens is 1. The molecule has 34 heavy (non-hydrogen) atoms. The number of nitrogens with zero attached hydrogens (tertiary/aromatic N) is 2. The van der Waals surface area contributed by atoms with Gasteiger partial charge in [-0.1, -0.05) is 24.3 Å². The summed E-state index contributed by atoms with van der Waals surface area (Å²) >= 11 is 0. The molecular formula is C27H30F3N3O. The number of aromatic nitrogens is 1. The number of alkyl halides is 1. The van der Waals surface area contributed by atoms with Gasteiger partial charge in [0.05, 0.1) is 12.7 Å². The van der Waals surface area contributed by atoms with E-state index in [1.807, 2.05) is 18.2 Å². The van der Waals surface area contributed by atoms with E-state index in [-0.39, 0.29) is 30.1 Å². The van der Waals surface area contributed by atoms with Gasteiger partial charge in [-0.25, -0.2) is 8.78 Å². The van der Waals surface area contributed by atoms with Crippen molar-refractivity contribution in [3.05, 3.63) is 77.5 Å². The molecule has 2 atom stereocenters. The molecule has 7 heteroatoms. The average molecular weight is 470 g/mol. The first-order valence-electron chi connectivity index (χ1n) is 11.9. The summed E-state index contributed by atoms with van der Waals surface area (Å²) in [6, 6.07) is 10.0. The summed E-state index contributed by atoms with van der Waals surface area (Å²) in [5.74, 6) is -1.06. The number of nitrogens with one attached hydrogen (secondary N) is 1. The molecule has 1 N–H and O–H groups in total. The summed E-state index contributed by atoms with van der Waals surface area (Å²) in [6.45, 7) is 8.05. The van der Waals surface area contributed by atoms with Gasteiger partial charge in [0.1, 0.15) is 23.5 Å². The zero-order chi connectivity index (χ0) is 23.8. The molecule has 0 bridgehead atoms. The molecule has 2 aromatic carbocycles. The van der Waals surface area contributed by atoms with Crippen molar-refractivity contribution in [2.45, 2.75) is 38.0 Å². The Morgan fingerprint density at radius 2 is 1.91 bits per heavy atom. The molecule has 3 heterocycles. The monoisotopic (exact) mass is 469 g/mol. The topological polar surface area (TPSA) is 31.5 Å². The number of para-hydroxylation sites is 1. The quantitative estimate of drug-likeness (QED) is 0.449. The number of hydrogen-bond acceptors (Lipinski definition) is 3. The highest BCUT2D eigenvalue weighted by atomic mass is 19.1. The van der Waals surface area contributed by atoms with E-state index in [1.165, 1.54) is 12.1 Å². The fraction of sp³-hybridized carbons (Fsp3) is 0.407. The van der Waals surface area contributed by atoms with Gasteiger partial charge >= 0.3 is 0 Å². The Morgan fingerprint density at radius 3 is 2.62 bits per heavy atom. The number of halogens is 3. The normalized spacial score (nSPS) is 21.4. The lowest BCUT2D eigenvalue weighted by Crippen LogP contribution is -2.53. The molecule has 2 aliphatic heterocycles. The molecule has 3 aromatic rings. The Kier molecular flexibility index (Phi) is 6.40. The Balaban J connectivity index is 1.47. The van der Waals surface area contributed by atoms with Crippen LogP contribution in [0.4, 0.5) is 13.2 Å². The maximum Gasteiger partial charge on any atom is 0.135 e. The molecule has 1 saturated heterocycles. The van der Waals surface area contributed by atoms with Crippen LogP contribution in [0.5, 0.6) is 5.75 Å². The fourth-order valence-corrected chi connectivity index (χ4v) is 5.40. The van der Waals surface area contributed by atoms with Crippen LogP contribution in [0.25, 0.3) is 10.9 Å². The van der Waals surface area contributed by atoms with Crippen molar-refractivity contribution in [3.8, 4) is 5.75 Å². The van der Waals surface area contributed by atoms with Gasteiger partial charge in [-0.3, -0.25) is 14.2 Å². The third-order valence-electron chi connectivity index (χ3n) is 7.02. The van der Waals surface area contributed by atoms with Crippen LogP contribution < -0.4 is 4.74 Å². The van der Waals surface area contributed by atoms with Crippen molar-refractivity contribution >= 4 is 10.9 Å². The SMILES string of the molecule is C=CCN1[C@H](c2c(F)cc(OC3CN(CCCF)C3)cc2F)c2[nH]c3ccccc3c2C[C@H]1C. The molecule has 1 aromatic heterocycles. The van der Waals surface area contributed by atoms with Crippen LogP contribution in [0.3, 0.4) is 0 Å². The molecule has 0 radical (unpaired) electrons. The van der Waals surface area contributed by atoms with Crippen molar-refractivity contribution in [2.75, 3.05) is 32.9 Å². The minimum Gasteiger partial charge on any atom is -0.488 e. The first-order chi connectivity index (χ1) is 16.5. The van der Waals surface area contributed by atoms with Crippen LogP contribution in [0.2, 0.25) is 0 Å². The molecule has 1 fully saturated rings. The van der Waals surface area contributed by atoms with Crippen molar-refractivity contribution in [1.82, 2.24) is 14.8 Å². The average Bonchev–Trinajstić information content (AvgIpc) is 3.15. The molecular weight excluding hydrogens is 439 g/mol. The number of likely N-dealkylation sites (tertiary alicyclic amines) is 1. The van der Waals surface area contributed by atoms with E-state index in [0.717, 1.165) is 28.6 Å². The third-order valence-corrected chi connectivity index (χ3v) is 7.02. The molecule has 2 aliphatic rings. The summed E-state index contributed by atoms with van der Waals surface area (Å²) in [5.41, 5.74) is 2.92. The summed E-state index contributed by atoms with van der Waals surface area (Å²) < 4.78 is 49.3. The molecule has 0 saturated carbocycles. The molecule has 0 unspecified atom stereocenters. The first kappa shape index (κ1) is 23.0. The van der Waals surface area contributed by atoms with Gasteiger partial charge in [0.25, 0.3) is 0 Å². The second kappa shape index (κ2) is 9.47. The molecule has 4 nitrogen and oxygen atoms in total. The van der Waals surface area contributed by atoms with Gasteiger partial charge in [0.15, 0.2) is 0 Å². The lowest BCUT2D eigenvalue weighted by atomic mass is 9.88. The molecule has 0 aliphatic carbocycles. The number of benzene rings is 2. The second-order valence-electron chi connectivity index (χ2n) is 9.35. The van der Waals surface area contributed by atoms with Crippen molar-refractivity contribution < 1.29 is 17.9 Å². The highest BCUT2D eigenvalue weighted by molar-refractivity contribution is 5.85. The van der Waals surface area contributed by atoms with E-state index >= 15 is 8.78 Å². The van der Waals surface area contributed by atoms with Gasteiger partial charge < -0.3 is 9.72 Å². The van der Waals surface area contributed by atoms with E-state index in [4.69, 9.17) is 4.74 Å². The zero-order valence-corrected chi connectivity index (χ0v) is 19.4. The lowest BCUT2D eigenvalue weighted by Gasteiger charge is -2.41. The van der Waals surface area contributed by atoms with E-state index in [9.17, 15) is 4.39 Å². The molecule has 0 spiro atoms. The minimum absolute atomic E-state index is 0.0201. The second-order valence-corrected chi connectivity index (χ2v) is 9.35. The van der Waals surface area contributed by atoms with E-state index in [2.05, 4.69) is 34.4 Å². The van der Waals surface area contributed by atoms with E-state index in [0.29, 0.717) is 32.6 Å². The Labute approximate surface area is 198 Å². The molecule has 0 amide bonds. The lowest BCUT2D eigenvalue weighted by molar-refractivity contribution is 0.0180. The Bertz CT molecular complexity index is 1160. The van der Waals surface area contributed by atoms with E-state index < -0.39 is 17.7 Å². The number of rotatable bonds is 8. The van der Waals surface area contributed by atoms with Crippen LogP contribution in [0.1, 0.15) is 36.2 Å². The summed E-state index contributed by atoms with van der Waals surface area (Å²) in [5, 5.41) is 1.09. The highest BCUT2D eigenvalue weighted by Crippen LogP contribution is 2.43. The molecule has 5 rings (SSSR count). The highest BCUT2D eigenvalue weighted by Gasteiger charge is 2.38. The van der Waals surface area contributed by atoms with Crippen molar-refractivity contribution in [3.63, 3.8) is 0 Å². The maximum atomic E-state index is 15.6. The smallest absolute Gasteiger partial charge is 0.135 e. The fourth-order valence-electron chi connectivity index (χ4n) is 5.40. The Hall–Kier alpha value is -2.77. The standard InChI is InChI=1S/C27H30F3N3O/c1-3-10-33-17(2)12-21-20-7-4-5-8-24(20)31-26(21)27(33)25-22(29)13-18(14-23(25)30)34-19-15-32(16-19)11-6-9-28/h3-5,7-8,13-14,17,19,27,31H,1,6,9-12,15-16H2,2H3/t17-,27-/m1/s1. The van der Waals surface area contributed by atoms with Gasteiger partial charge in [0.2, 0.25) is 0 Å². The van der Waals surface area contributed by atoms with Gasteiger partial charge in [-0.05, 0) is 31.4 Å². The number of ether oxygens (including phenoxy) is 1. The van der Waals surface area contributed by atoms with Crippen LogP contribution in [-0.2, 0) is 6.42 Å². The first-order valence-corrected chi connectivity index (χ1v) is 11.9. The minimum atomic E-state index is -0.624. The van der Waals surface area contributed by atoms with Crippen molar-refractivity contribution in [1.29, 1.82) is 0 Å². The number of aromatic amines is 1. The van der Waals surface area contributed by atoms with Gasteiger partial charge in [0, 0.05) is 66.5 Å². The van der Waals surface area contributed by atoms with Crippen LogP contribution >= 0.6 is 0 Å². The Morgan fingerprint density at radius 1 is 1.18 bits per heavy atom. The maximum absolute atomic E-state index is 15.6. The largest absolute Gasteiger partial charge is 0.488 e.